The number of piperidine rings is 1. The molecule has 13 heteroatoms. The lowest BCUT2D eigenvalue weighted by Gasteiger charge is -2.37. The molecule has 0 aliphatic carbocycles. The fourth-order valence-corrected chi connectivity index (χ4v) is 6.49. The summed E-state index contributed by atoms with van der Waals surface area (Å²) in [6.45, 7) is 14.8. The molecule has 0 unspecified atom stereocenters. The number of aryl methyl sites for hydroxylation is 1. The zero-order valence-electron chi connectivity index (χ0n) is 27.4. The minimum Gasteiger partial charge on any atom is -0.361 e. The Labute approximate surface area is 270 Å². The number of nitrogens with one attached hydrogen (secondary N) is 1. The monoisotopic (exact) mass is 652 g/mol. The fraction of sp³-hybridized carbons (Fsp3) is 0.531. The van der Waals surface area contributed by atoms with Gasteiger partial charge in [0.25, 0.3) is 5.91 Å². The molecule has 0 saturated carbocycles. The number of carbonyl (C=O) groups is 2. The van der Waals surface area contributed by atoms with Crippen molar-refractivity contribution in [3.8, 4) is 11.4 Å². The van der Waals surface area contributed by atoms with Gasteiger partial charge in [0.05, 0.1) is 17.3 Å². The summed E-state index contributed by atoms with van der Waals surface area (Å²) in [5.41, 5.74) is 8.80. The van der Waals surface area contributed by atoms with Crippen molar-refractivity contribution in [1.82, 2.24) is 34.5 Å². The first-order chi connectivity index (χ1) is 21.1. The Morgan fingerprint density at radius 3 is 2.58 bits per heavy atom. The highest BCUT2D eigenvalue weighted by atomic mass is 35.5. The van der Waals surface area contributed by atoms with Crippen LogP contribution in [0.3, 0.4) is 0 Å². The van der Waals surface area contributed by atoms with Crippen LogP contribution in [0, 0.1) is 5.41 Å². The van der Waals surface area contributed by atoms with Gasteiger partial charge in [0.15, 0.2) is 5.65 Å². The van der Waals surface area contributed by atoms with Gasteiger partial charge in [-0.2, -0.15) is 5.10 Å². The van der Waals surface area contributed by atoms with Crippen molar-refractivity contribution in [2.75, 3.05) is 19.7 Å². The Balaban J connectivity index is 1.52. The Kier molecular flexibility index (Phi) is 9.42. The average molecular weight is 653 g/mol. The number of ether oxygens (including phenoxy) is 1. The van der Waals surface area contributed by atoms with Crippen LogP contribution in [0.1, 0.15) is 44.0 Å². The topological polar surface area (TPSA) is 133 Å². The standard InChI is InChI=1S/C32H45ClN8O3Si/c1-32(2,3)28(31(43)40-12-10-21(34)11-13-40)37-30(42)23-18-41(19-44-14-15-45(5,6)7)29-27(23)36-24(17-35-29)26-22-16-20(33)8-9-25(22)39(4)38-26/h8-9,16-18,21,28H,10-15,19,34H2,1-7H3,(H,37,42)/t28-/m0/s1. The lowest BCUT2D eigenvalue weighted by Crippen LogP contribution is -2.56. The van der Waals surface area contributed by atoms with E-state index in [-0.39, 0.29) is 18.7 Å². The number of aromatic nitrogens is 5. The van der Waals surface area contributed by atoms with Crippen molar-refractivity contribution < 1.29 is 14.3 Å². The molecule has 4 aromatic rings. The molecule has 45 heavy (non-hydrogen) atoms. The molecule has 1 aromatic carbocycles. The van der Waals surface area contributed by atoms with Crippen LogP contribution in [0.2, 0.25) is 30.7 Å². The van der Waals surface area contributed by atoms with E-state index >= 15 is 0 Å². The number of nitrogens with zero attached hydrogens (tertiary/aromatic N) is 6. The summed E-state index contributed by atoms with van der Waals surface area (Å²) >= 11 is 6.34. The molecule has 0 bridgehead atoms. The van der Waals surface area contributed by atoms with Crippen molar-refractivity contribution >= 4 is 53.6 Å². The largest absolute Gasteiger partial charge is 0.361 e. The Morgan fingerprint density at radius 2 is 1.91 bits per heavy atom. The van der Waals surface area contributed by atoms with Crippen LogP contribution in [0.15, 0.2) is 30.6 Å². The molecule has 4 heterocycles. The second-order valence-corrected chi connectivity index (χ2v) is 20.4. The van der Waals surface area contributed by atoms with E-state index in [1.54, 1.807) is 21.6 Å². The van der Waals surface area contributed by atoms with Crippen LogP contribution in [0.25, 0.3) is 33.5 Å². The number of amides is 2. The normalized spacial score (nSPS) is 15.6. The first-order valence-electron chi connectivity index (χ1n) is 15.5. The number of nitrogens with two attached hydrogens (primary N) is 1. The summed E-state index contributed by atoms with van der Waals surface area (Å²) in [7, 11) is 0.575. The van der Waals surface area contributed by atoms with E-state index in [1.165, 1.54) is 0 Å². The Hall–Kier alpha value is -3.32. The van der Waals surface area contributed by atoms with E-state index < -0.39 is 25.4 Å². The number of likely N-dealkylation sites (tertiary alicyclic amines) is 1. The Morgan fingerprint density at radius 1 is 1.20 bits per heavy atom. The molecule has 11 nitrogen and oxygen atoms in total. The van der Waals surface area contributed by atoms with E-state index in [2.05, 4.69) is 25.0 Å². The maximum atomic E-state index is 14.1. The number of halogens is 1. The van der Waals surface area contributed by atoms with Crippen LogP contribution in [-0.4, -0.2) is 80.9 Å². The van der Waals surface area contributed by atoms with Crippen LogP contribution in [-0.2, 0) is 23.3 Å². The molecule has 3 N–H and O–H groups in total. The lowest BCUT2D eigenvalue weighted by molar-refractivity contribution is -0.136. The van der Waals surface area contributed by atoms with E-state index in [0.717, 1.165) is 29.8 Å². The number of fused-ring (bicyclic) bond motifs is 2. The van der Waals surface area contributed by atoms with Gasteiger partial charge >= 0.3 is 0 Å². The second-order valence-electron chi connectivity index (χ2n) is 14.4. The lowest BCUT2D eigenvalue weighted by atomic mass is 9.85. The number of benzene rings is 1. The van der Waals surface area contributed by atoms with Gasteiger partial charge in [0, 0.05) is 57.5 Å². The molecule has 0 radical (unpaired) electrons. The third-order valence-corrected chi connectivity index (χ3v) is 10.3. The molecular formula is C32H45ClN8O3Si. The Bertz CT molecular complexity index is 1710. The second kappa shape index (κ2) is 12.8. The van der Waals surface area contributed by atoms with Gasteiger partial charge in [0.1, 0.15) is 29.7 Å². The summed E-state index contributed by atoms with van der Waals surface area (Å²) in [5.74, 6) is -0.506. The highest BCUT2D eigenvalue weighted by Crippen LogP contribution is 2.31. The van der Waals surface area contributed by atoms with Gasteiger partial charge in [-0.3, -0.25) is 14.3 Å². The van der Waals surface area contributed by atoms with Crippen LogP contribution in [0.5, 0.6) is 0 Å². The first-order valence-corrected chi connectivity index (χ1v) is 19.6. The molecule has 1 aliphatic heterocycles. The van der Waals surface area contributed by atoms with E-state index in [4.69, 9.17) is 37.1 Å². The van der Waals surface area contributed by atoms with Gasteiger partial charge in [0.2, 0.25) is 5.91 Å². The summed E-state index contributed by atoms with van der Waals surface area (Å²) in [6.07, 6.45) is 4.87. The summed E-state index contributed by atoms with van der Waals surface area (Å²) < 4.78 is 9.62. The molecule has 1 atom stereocenters. The van der Waals surface area contributed by atoms with Gasteiger partial charge in [-0.25, -0.2) is 9.97 Å². The molecule has 5 rings (SSSR count). The minimum atomic E-state index is -1.28. The average Bonchev–Trinajstić information content (AvgIpc) is 3.49. The van der Waals surface area contributed by atoms with Crippen LogP contribution < -0.4 is 11.1 Å². The quantitative estimate of drug-likeness (QED) is 0.191. The number of hydrogen-bond acceptors (Lipinski definition) is 7. The molecular weight excluding hydrogens is 608 g/mol. The summed E-state index contributed by atoms with van der Waals surface area (Å²) in [4.78, 5) is 39.3. The van der Waals surface area contributed by atoms with E-state index in [9.17, 15) is 9.59 Å². The minimum absolute atomic E-state index is 0.0934. The molecule has 3 aromatic heterocycles. The van der Waals surface area contributed by atoms with Crippen molar-refractivity contribution in [3.05, 3.63) is 41.2 Å². The van der Waals surface area contributed by atoms with E-state index in [0.29, 0.717) is 52.8 Å². The predicted molar refractivity (Wildman–Crippen MR) is 181 cm³/mol. The third kappa shape index (κ3) is 7.40. The smallest absolute Gasteiger partial charge is 0.255 e. The van der Waals surface area contributed by atoms with Gasteiger partial charge in [-0.15, -0.1) is 0 Å². The summed E-state index contributed by atoms with van der Waals surface area (Å²) in [5, 5.41) is 9.18. The number of rotatable bonds is 9. The highest BCUT2D eigenvalue weighted by Gasteiger charge is 2.37. The van der Waals surface area contributed by atoms with E-state index in [1.807, 2.05) is 50.9 Å². The molecule has 242 valence electrons. The maximum absolute atomic E-state index is 14.1. The number of hydrogen-bond donors (Lipinski definition) is 2. The van der Waals surface area contributed by atoms with Gasteiger partial charge < -0.3 is 25.3 Å². The third-order valence-electron chi connectivity index (χ3n) is 8.33. The van der Waals surface area contributed by atoms with Crippen molar-refractivity contribution in [3.63, 3.8) is 0 Å². The molecule has 1 saturated heterocycles. The maximum Gasteiger partial charge on any atom is 0.255 e. The predicted octanol–water partition coefficient (Wildman–Crippen LogP) is 5.04. The zero-order valence-corrected chi connectivity index (χ0v) is 29.1. The van der Waals surface area contributed by atoms with Gasteiger partial charge in [-0.05, 0) is 42.5 Å². The van der Waals surface area contributed by atoms with Crippen molar-refractivity contribution in [2.24, 2.45) is 18.2 Å². The van der Waals surface area contributed by atoms with Crippen molar-refractivity contribution in [1.29, 1.82) is 0 Å². The highest BCUT2D eigenvalue weighted by molar-refractivity contribution is 6.76. The SMILES string of the molecule is Cn1nc(-c2cnc3c(n2)c(C(=O)N[C@@H](C(=O)N2CCC(N)CC2)C(C)(C)C)cn3COCC[Si](C)(C)C)c2cc(Cl)ccc21. The summed E-state index contributed by atoms with van der Waals surface area (Å²) in [6, 6.07) is 5.94. The molecule has 1 fully saturated rings. The molecule has 0 spiro atoms. The van der Waals surface area contributed by atoms with Gasteiger partial charge in [-0.1, -0.05) is 52.0 Å². The first kappa shape index (κ1) is 33.1. The molecule has 2 amide bonds. The van der Waals surface area contributed by atoms with Crippen LogP contribution >= 0.6 is 11.6 Å². The number of carbonyl (C=O) groups excluding carboxylic acids is 2. The molecule has 1 aliphatic rings. The zero-order chi connectivity index (χ0) is 32.7. The van der Waals surface area contributed by atoms with Crippen molar-refractivity contribution in [2.45, 2.75) is 78.1 Å². The van der Waals surface area contributed by atoms with Crippen LogP contribution in [0.4, 0.5) is 0 Å². The fourth-order valence-electron chi connectivity index (χ4n) is 5.56.